The molecule has 0 bridgehead atoms. The van der Waals surface area contributed by atoms with Gasteiger partial charge in [0.05, 0.1) is 0 Å². The molecule has 2 N–H and O–H groups in total. The van der Waals surface area contributed by atoms with Crippen LogP contribution in [-0.2, 0) is 6.54 Å². The summed E-state index contributed by atoms with van der Waals surface area (Å²) in [7, 11) is 1.95. The lowest BCUT2D eigenvalue weighted by Crippen LogP contribution is -2.29. The van der Waals surface area contributed by atoms with Gasteiger partial charge in [-0.1, -0.05) is 24.3 Å². The third kappa shape index (κ3) is 3.97. The zero-order valence-corrected chi connectivity index (χ0v) is 14.7. The van der Waals surface area contributed by atoms with Crippen molar-refractivity contribution >= 4 is 17.4 Å². The highest BCUT2D eigenvalue weighted by molar-refractivity contribution is 5.93. The molecule has 0 fully saturated rings. The van der Waals surface area contributed by atoms with Crippen LogP contribution in [0, 0.1) is 6.92 Å². The predicted octanol–water partition coefficient (Wildman–Crippen LogP) is 2.78. The smallest absolute Gasteiger partial charge is 0.260 e. The van der Waals surface area contributed by atoms with Gasteiger partial charge in [-0.05, 0) is 42.8 Å². The van der Waals surface area contributed by atoms with E-state index < -0.39 is 5.91 Å². The Balaban J connectivity index is 1.64. The third-order valence-corrected chi connectivity index (χ3v) is 4.05. The quantitative estimate of drug-likeness (QED) is 0.743. The molecule has 0 aliphatic heterocycles. The molecule has 2 aromatic heterocycles. The summed E-state index contributed by atoms with van der Waals surface area (Å²) in [6, 6.07) is 17.0. The number of nitrogens with one attached hydrogen (secondary N) is 2. The molecule has 0 saturated heterocycles. The first-order valence-electron chi connectivity index (χ1n) is 8.26. The zero-order chi connectivity index (χ0) is 18.5. The van der Waals surface area contributed by atoms with Gasteiger partial charge in [-0.3, -0.25) is 9.59 Å². The Morgan fingerprint density at radius 2 is 1.88 bits per heavy atom. The molecule has 0 aliphatic carbocycles. The Morgan fingerprint density at radius 1 is 1.12 bits per heavy atom. The van der Waals surface area contributed by atoms with Crippen LogP contribution >= 0.6 is 0 Å². The molecule has 1 amide bonds. The van der Waals surface area contributed by atoms with Gasteiger partial charge in [0, 0.05) is 31.2 Å². The molecule has 26 heavy (non-hydrogen) atoms. The summed E-state index contributed by atoms with van der Waals surface area (Å²) in [6.07, 6.45) is 1.72. The molecular formula is C20H20N4O2. The summed E-state index contributed by atoms with van der Waals surface area (Å²) >= 11 is 0. The molecule has 3 rings (SSSR count). The van der Waals surface area contributed by atoms with Crippen LogP contribution in [0.4, 0.5) is 11.5 Å². The van der Waals surface area contributed by atoms with Crippen molar-refractivity contribution in [3.63, 3.8) is 0 Å². The van der Waals surface area contributed by atoms with Crippen molar-refractivity contribution in [3.05, 3.63) is 88.0 Å². The minimum absolute atomic E-state index is 0.101. The lowest BCUT2D eigenvalue weighted by atomic mass is 10.2. The topological polar surface area (TPSA) is 78.1 Å². The fourth-order valence-corrected chi connectivity index (χ4v) is 2.53. The van der Waals surface area contributed by atoms with Crippen molar-refractivity contribution in [3.8, 4) is 0 Å². The average molecular weight is 348 g/mol. The summed E-state index contributed by atoms with van der Waals surface area (Å²) < 4.78 is 0. The molecule has 0 atom stereocenters. The van der Waals surface area contributed by atoms with E-state index >= 15 is 0 Å². The van der Waals surface area contributed by atoms with Crippen LogP contribution < -0.4 is 15.8 Å². The number of nitrogens with zero attached hydrogens (tertiary/aromatic N) is 2. The van der Waals surface area contributed by atoms with E-state index in [1.807, 2.05) is 54.4 Å². The number of hydrogen-bond acceptors (Lipinski definition) is 4. The number of benzene rings is 1. The van der Waals surface area contributed by atoms with Crippen molar-refractivity contribution in [1.82, 2.24) is 15.3 Å². The Hall–Kier alpha value is -3.41. The fraction of sp³-hybridized carbons (Fsp3) is 0.150. The van der Waals surface area contributed by atoms with Gasteiger partial charge in [0.2, 0.25) is 0 Å². The Labute approximate surface area is 151 Å². The number of aromatic amines is 1. The summed E-state index contributed by atoms with van der Waals surface area (Å²) in [6.45, 7) is 2.07. The van der Waals surface area contributed by atoms with E-state index in [9.17, 15) is 9.59 Å². The maximum absolute atomic E-state index is 12.2. The molecule has 6 nitrogen and oxygen atoms in total. The van der Waals surface area contributed by atoms with Crippen LogP contribution in [0.2, 0.25) is 0 Å². The number of carbonyl (C=O) groups is 1. The summed E-state index contributed by atoms with van der Waals surface area (Å²) in [5.41, 5.74) is 2.32. The molecule has 0 aliphatic rings. The van der Waals surface area contributed by atoms with Crippen LogP contribution in [0.5, 0.6) is 0 Å². The number of pyridine rings is 2. The van der Waals surface area contributed by atoms with Gasteiger partial charge in [0.1, 0.15) is 11.4 Å². The number of hydrogen-bond donors (Lipinski definition) is 2. The lowest BCUT2D eigenvalue weighted by molar-refractivity contribution is 0.0949. The molecule has 132 valence electrons. The second kappa shape index (κ2) is 7.65. The van der Waals surface area contributed by atoms with Crippen molar-refractivity contribution in [2.75, 3.05) is 11.9 Å². The number of rotatable bonds is 5. The van der Waals surface area contributed by atoms with E-state index in [1.165, 1.54) is 6.07 Å². The van der Waals surface area contributed by atoms with Crippen LogP contribution in [0.15, 0.2) is 65.6 Å². The zero-order valence-electron chi connectivity index (χ0n) is 14.7. The Bertz CT molecular complexity index is 950. The Morgan fingerprint density at radius 3 is 2.54 bits per heavy atom. The first kappa shape index (κ1) is 17.4. The number of amides is 1. The van der Waals surface area contributed by atoms with Crippen molar-refractivity contribution in [2.24, 2.45) is 0 Å². The number of H-pyrrole nitrogens is 1. The maximum atomic E-state index is 12.2. The molecular weight excluding hydrogens is 328 g/mol. The van der Waals surface area contributed by atoms with Crippen LogP contribution in [0.25, 0.3) is 0 Å². The van der Waals surface area contributed by atoms with Gasteiger partial charge < -0.3 is 15.2 Å². The number of carbonyl (C=O) groups excluding carboxylic acids is 1. The van der Waals surface area contributed by atoms with E-state index in [-0.39, 0.29) is 11.1 Å². The first-order valence-corrected chi connectivity index (χ1v) is 8.26. The van der Waals surface area contributed by atoms with Gasteiger partial charge in [-0.15, -0.1) is 0 Å². The van der Waals surface area contributed by atoms with Gasteiger partial charge in [0.25, 0.3) is 11.5 Å². The molecule has 6 heteroatoms. The predicted molar refractivity (Wildman–Crippen MR) is 102 cm³/mol. The highest BCUT2D eigenvalue weighted by Gasteiger charge is 2.10. The minimum Gasteiger partial charge on any atom is -0.348 e. The normalized spacial score (nSPS) is 10.4. The minimum atomic E-state index is -0.406. The van der Waals surface area contributed by atoms with Crippen LogP contribution in [0.1, 0.15) is 21.6 Å². The van der Waals surface area contributed by atoms with Gasteiger partial charge in [-0.25, -0.2) is 4.98 Å². The molecule has 2 heterocycles. The molecule has 0 unspecified atom stereocenters. The van der Waals surface area contributed by atoms with E-state index in [1.54, 1.807) is 19.2 Å². The number of aromatic nitrogens is 2. The SMILES string of the molecule is Cc1ccc(C(=O)NCc2ccc(N(C)c3ccccc3)nc2)c(=O)[nH]1. The molecule has 0 radical (unpaired) electrons. The highest BCUT2D eigenvalue weighted by Crippen LogP contribution is 2.20. The Kier molecular flexibility index (Phi) is 5.12. The third-order valence-electron chi connectivity index (χ3n) is 4.05. The van der Waals surface area contributed by atoms with E-state index in [0.29, 0.717) is 12.2 Å². The van der Waals surface area contributed by atoms with Crippen LogP contribution in [-0.4, -0.2) is 22.9 Å². The summed E-state index contributed by atoms with van der Waals surface area (Å²) in [5, 5.41) is 2.74. The second-order valence-corrected chi connectivity index (χ2v) is 5.99. The van der Waals surface area contributed by atoms with Gasteiger partial charge in [-0.2, -0.15) is 0 Å². The molecule has 0 spiro atoms. The van der Waals surface area contributed by atoms with Crippen molar-refractivity contribution in [1.29, 1.82) is 0 Å². The van der Waals surface area contributed by atoms with Crippen molar-refractivity contribution < 1.29 is 4.79 Å². The fourth-order valence-electron chi connectivity index (χ4n) is 2.53. The largest absolute Gasteiger partial charge is 0.348 e. The maximum Gasteiger partial charge on any atom is 0.260 e. The highest BCUT2D eigenvalue weighted by atomic mass is 16.2. The molecule has 1 aromatic carbocycles. The summed E-state index contributed by atoms with van der Waals surface area (Å²) in [4.78, 5) is 33.0. The van der Waals surface area contributed by atoms with E-state index in [2.05, 4.69) is 15.3 Å². The standard InChI is InChI=1S/C20H20N4O2/c1-14-8-10-17(20(26)23-14)19(25)22-13-15-9-11-18(21-12-15)24(2)16-6-4-3-5-7-16/h3-12H,13H2,1-2H3,(H,22,25)(H,23,26). The summed E-state index contributed by atoms with van der Waals surface area (Å²) in [5.74, 6) is 0.401. The van der Waals surface area contributed by atoms with E-state index in [4.69, 9.17) is 0 Å². The number of aryl methyl sites for hydroxylation is 1. The molecule has 3 aromatic rings. The second-order valence-electron chi connectivity index (χ2n) is 5.99. The first-order chi connectivity index (χ1) is 12.5. The molecule has 0 saturated carbocycles. The van der Waals surface area contributed by atoms with Crippen LogP contribution in [0.3, 0.4) is 0 Å². The van der Waals surface area contributed by atoms with Crippen molar-refractivity contribution in [2.45, 2.75) is 13.5 Å². The monoisotopic (exact) mass is 348 g/mol. The lowest BCUT2D eigenvalue weighted by Gasteiger charge is -2.18. The van der Waals surface area contributed by atoms with Gasteiger partial charge in [0.15, 0.2) is 0 Å². The van der Waals surface area contributed by atoms with E-state index in [0.717, 1.165) is 17.1 Å². The van der Waals surface area contributed by atoms with Gasteiger partial charge >= 0.3 is 0 Å². The average Bonchev–Trinajstić information content (AvgIpc) is 2.66. The number of anilines is 2. The number of para-hydroxylation sites is 1.